The van der Waals surface area contributed by atoms with Gasteiger partial charge in [-0.3, -0.25) is 14.9 Å². The number of methoxy groups -OCH3 is 3. The summed E-state index contributed by atoms with van der Waals surface area (Å²) in [6.45, 7) is 0. The van der Waals surface area contributed by atoms with E-state index in [2.05, 4.69) is 5.32 Å². The van der Waals surface area contributed by atoms with E-state index in [1.807, 2.05) is 0 Å². The number of amides is 4. The van der Waals surface area contributed by atoms with Crippen LogP contribution in [-0.2, 0) is 9.59 Å². The van der Waals surface area contributed by atoms with Crippen LogP contribution >= 0.6 is 0 Å². The van der Waals surface area contributed by atoms with Gasteiger partial charge in [-0.2, -0.15) is 0 Å². The van der Waals surface area contributed by atoms with E-state index in [9.17, 15) is 18.8 Å². The van der Waals surface area contributed by atoms with Crippen molar-refractivity contribution in [1.82, 2.24) is 5.32 Å². The molecule has 2 aromatic rings. The average molecular weight is 400 g/mol. The summed E-state index contributed by atoms with van der Waals surface area (Å²) >= 11 is 0. The highest BCUT2D eigenvalue weighted by molar-refractivity contribution is 6.39. The van der Waals surface area contributed by atoms with Crippen molar-refractivity contribution in [1.29, 1.82) is 0 Å². The molecule has 0 aliphatic carbocycles. The van der Waals surface area contributed by atoms with Gasteiger partial charge in [0, 0.05) is 12.1 Å². The van der Waals surface area contributed by atoms with Crippen molar-refractivity contribution in [2.24, 2.45) is 0 Å². The summed E-state index contributed by atoms with van der Waals surface area (Å²) in [6, 6.07) is 7.04. The lowest BCUT2D eigenvalue weighted by Crippen LogP contribution is -2.54. The van der Waals surface area contributed by atoms with Gasteiger partial charge in [0.1, 0.15) is 28.6 Å². The fourth-order valence-electron chi connectivity index (χ4n) is 2.83. The molecular formula is C20H17FN2O6. The SMILES string of the molecule is COc1cc(OC)c(/C=C2\C(=O)NC(=O)N(c3cccc(F)c3)C2=O)c(OC)c1. The van der Waals surface area contributed by atoms with Crippen LogP contribution in [0.25, 0.3) is 6.08 Å². The first-order chi connectivity index (χ1) is 13.9. The fourth-order valence-corrected chi connectivity index (χ4v) is 2.83. The maximum absolute atomic E-state index is 13.6. The van der Waals surface area contributed by atoms with Gasteiger partial charge in [-0.1, -0.05) is 6.07 Å². The lowest BCUT2D eigenvalue weighted by molar-refractivity contribution is -0.122. The Morgan fingerprint density at radius 3 is 2.17 bits per heavy atom. The molecule has 1 saturated heterocycles. The van der Waals surface area contributed by atoms with Crippen LogP contribution in [-0.4, -0.2) is 39.2 Å². The molecule has 1 fully saturated rings. The number of anilines is 1. The topological polar surface area (TPSA) is 94.2 Å². The van der Waals surface area contributed by atoms with Crippen LogP contribution in [0.3, 0.4) is 0 Å². The lowest BCUT2D eigenvalue weighted by atomic mass is 10.0. The molecular weight excluding hydrogens is 383 g/mol. The van der Waals surface area contributed by atoms with E-state index < -0.39 is 23.7 Å². The number of benzene rings is 2. The zero-order valence-electron chi connectivity index (χ0n) is 15.8. The van der Waals surface area contributed by atoms with E-state index in [0.717, 1.165) is 6.07 Å². The van der Waals surface area contributed by atoms with Crippen LogP contribution in [0, 0.1) is 5.82 Å². The molecule has 0 atom stereocenters. The number of carbonyl (C=O) groups is 3. The highest BCUT2D eigenvalue weighted by atomic mass is 19.1. The monoisotopic (exact) mass is 400 g/mol. The number of rotatable bonds is 5. The third-order valence-electron chi connectivity index (χ3n) is 4.21. The number of hydrogen-bond donors (Lipinski definition) is 1. The third-order valence-corrected chi connectivity index (χ3v) is 4.21. The molecule has 0 radical (unpaired) electrons. The normalized spacial score (nSPS) is 15.4. The second-order valence-corrected chi connectivity index (χ2v) is 5.88. The summed E-state index contributed by atoms with van der Waals surface area (Å²) in [5.41, 5.74) is -0.0713. The van der Waals surface area contributed by atoms with Crippen molar-refractivity contribution in [3.8, 4) is 17.2 Å². The molecule has 150 valence electrons. The third kappa shape index (κ3) is 3.75. The molecule has 8 nitrogen and oxygen atoms in total. The average Bonchev–Trinajstić information content (AvgIpc) is 2.70. The zero-order chi connectivity index (χ0) is 21.1. The Kier molecular flexibility index (Phi) is 5.49. The minimum Gasteiger partial charge on any atom is -0.496 e. The Morgan fingerprint density at radius 1 is 0.966 bits per heavy atom. The first-order valence-electron chi connectivity index (χ1n) is 8.36. The maximum Gasteiger partial charge on any atom is 0.335 e. The van der Waals surface area contributed by atoms with E-state index in [-0.39, 0.29) is 22.8 Å². The van der Waals surface area contributed by atoms with Gasteiger partial charge in [0.05, 0.1) is 32.6 Å². The second-order valence-electron chi connectivity index (χ2n) is 5.88. The van der Waals surface area contributed by atoms with Crippen molar-refractivity contribution in [3.63, 3.8) is 0 Å². The molecule has 9 heteroatoms. The standard InChI is InChI=1S/C20H17FN2O6/c1-27-13-8-16(28-2)14(17(9-13)29-3)10-15-18(24)22-20(26)23(19(15)25)12-6-4-5-11(21)7-12/h4-10H,1-3H3,(H,22,24,26)/b15-10+. The minimum absolute atomic E-state index is 0.0143. The molecule has 1 aliphatic heterocycles. The van der Waals surface area contributed by atoms with E-state index in [4.69, 9.17) is 14.2 Å². The predicted molar refractivity (Wildman–Crippen MR) is 101 cm³/mol. The van der Waals surface area contributed by atoms with Gasteiger partial charge in [0.2, 0.25) is 0 Å². The summed E-state index contributed by atoms with van der Waals surface area (Å²) in [6.07, 6.45) is 1.24. The summed E-state index contributed by atoms with van der Waals surface area (Å²) in [5.74, 6) is -1.44. The maximum atomic E-state index is 13.6. The molecule has 1 N–H and O–H groups in total. The molecule has 2 aromatic carbocycles. The van der Waals surface area contributed by atoms with Crippen LogP contribution in [0.4, 0.5) is 14.9 Å². The van der Waals surface area contributed by atoms with Crippen LogP contribution in [0.2, 0.25) is 0 Å². The number of ether oxygens (including phenoxy) is 3. The van der Waals surface area contributed by atoms with Crippen LogP contribution in [0.1, 0.15) is 5.56 Å². The summed E-state index contributed by atoms with van der Waals surface area (Å²) < 4.78 is 29.4. The van der Waals surface area contributed by atoms with Crippen molar-refractivity contribution in [2.45, 2.75) is 0 Å². The molecule has 3 rings (SSSR count). The molecule has 0 unspecified atom stereocenters. The Morgan fingerprint density at radius 2 is 1.62 bits per heavy atom. The zero-order valence-corrected chi connectivity index (χ0v) is 15.8. The Hall–Kier alpha value is -3.88. The molecule has 0 spiro atoms. The van der Waals surface area contributed by atoms with Crippen molar-refractivity contribution in [2.75, 3.05) is 26.2 Å². The molecule has 1 heterocycles. The Labute approximate surface area is 165 Å². The number of urea groups is 1. The first kappa shape index (κ1) is 19.9. The molecule has 4 amide bonds. The van der Waals surface area contributed by atoms with Gasteiger partial charge in [0.15, 0.2) is 0 Å². The first-order valence-corrected chi connectivity index (χ1v) is 8.36. The van der Waals surface area contributed by atoms with Crippen LogP contribution in [0.5, 0.6) is 17.2 Å². The molecule has 1 aliphatic rings. The van der Waals surface area contributed by atoms with E-state index in [1.165, 1.54) is 45.6 Å². The summed E-state index contributed by atoms with van der Waals surface area (Å²) in [7, 11) is 4.27. The van der Waals surface area contributed by atoms with Crippen molar-refractivity contribution in [3.05, 3.63) is 53.4 Å². The van der Waals surface area contributed by atoms with E-state index in [1.54, 1.807) is 12.1 Å². The molecule has 29 heavy (non-hydrogen) atoms. The van der Waals surface area contributed by atoms with Gasteiger partial charge in [-0.15, -0.1) is 0 Å². The predicted octanol–water partition coefficient (Wildman–Crippen LogP) is 2.52. The lowest BCUT2D eigenvalue weighted by Gasteiger charge is -2.26. The second kappa shape index (κ2) is 8.01. The van der Waals surface area contributed by atoms with Gasteiger partial charge >= 0.3 is 6.03 Å². The minimum atomic E-state index is -0.976. The Bertz CT molecular complexity index is 1010. The van der Waals surface area contributed by atoms with Crippen LogP contribution < -0.4 is 24.4 Å². The quantitative estimate of drug-likeness (QED) is 0.612. The highest BCUT2D eigenvalue weighted by Gasteiger charge is 2.37. The number of barbiturate groups is 1. The summed E-state index contributed by atoms with van der Waals surface area (Å²) in [4.78, 5) is 38.2. The number of hydrogen-bond acceptors (Lipinski definition) is 6. The Balaban J connectivity index is 2.12. The number of halogens is 1. The van der Waals surface area contributed by atoms with E-state index >= 15 is 0 Å². The smallest absolute Gasteiger partial charge is 0.335 e. The highest BCUT2D eigenvalue weighted by Crippen LogP contribution is 2.36. The molecule has 0 bridgehead atoms. The van der Waals surface area contributed by atoms with Gasteiger partial charge in [-0.25, -0.2) is 14.1 Å². The van der Waals surface area contributed by atoms with Crippen LogP contribution in [0.15, 0.2) is 42.0 Å². The number of carbonyl (C=O) groups excluding carboxylic acids is 3. The number of imide groups is 2. The number of nitrogens with one attached hydrogen (secondary N) is 1. The summed E-state index contributed by atoms with van der Waals surface area (Å²) in [5, 5.41) is 2.08. The van der Waals surface area contributed by atoms with Crippen molar-refractivity contribution < 1.29 is 33.0 Å². The van der Waals surface area contributed by atoms with Crippen molar-refractivity contribution >= 4 is 29.6 Å². The molecule has 0 saturated carbocycles. The van der Waals surface area contributed by atoms with E-state index in [0.29, 0.717) is 16.2 Å². The molecule has 0 aromatic heterocycles. The number of nitrogens with zero attached hydrogens (tertiary/aromatic N) is 1. The van der Waals surface area contributed by atoms with Gasteiger partial charge in [-0.05, 0) is 24.3 Å². The largest absolute Gasteiger partial charge is 0.496 e. The fraction of sp³-hybridized carbons (Fsp3) is 0.150. The van der Waals surface area contributed by atoms with Gasteiger partial charge in [0.25, 0.3) is 11.8 Å². The van der Waals surface area contributed by atoms with Gasteiger partial charge < -0.3 is 14.2 Å².